The maximum Gasteiger partial charge on any atom is 0.159 e. The molecule has 0 spiro atoms. The quantitative estimate of drug-likeness (QED) is 0.526. The molecule has 0 aliphatic heterocycles. The molecule has 0 fully saturated rings. The lowest BCUT2D eigenvalue weighted by Crippen LogP contribution is -2.24. The molecule has 0 radical (unpaired) electrons. The van der Waals surface area contributed by atoms with Gasteiger partial charge in [0.1, 0.15) is 0 Å². The van der Waals surface area contributed by atoms with Gasteiger partial charge in [0.25, 0.3) is 0 Å². The molecule has 1 rings (SSSR count). The number of hydrogen-bond acceptors (Lipinski definition) is 2. The average Bonchev–Trinajstić information content (AvgIpc) is 2.07. The van der Waals surface area contributed by atoms with Crippen LogP contribution in [0.15, 0.2) is 18.2 Å². The van der Waals surface area contributed by atoms with Crippen molar-refractivity contribution >= 4 is 0 Å². The Morgan fingerprint density at radius 2 is 2.00 bits per heavy atom. The van der Waals surface area contributed by atoms with Crippen molar-refractivity contribution in [2.75, 3.05) is 6.54 Å². The summed E-state index contributed by atoms with van der Waals surface area (Å²) in [4.78, 5) is 0. The molecule has 2 nitrogen and oxygen atoms in total. The summed E-state index contributed by atoms with van der Waals surface area (Å²) < 4.78 is 25.0. The summed E-state index contributed by atoms with van der Waals surface area (Å²) in [5, 5.41) is 0. The van der Waals surface area contributed by atoms with Gasteiger partial charge in [-0.3, -0.25) is 11.3 Å². The van der Waals surface area contributed by atoms with Crippen LogP contribution in [0.3, 0.4) is 0 Å². The first-order valence-electron chi connectivity index (χ1n) is 3.61. The summed E-state index contributed by atoms with van der Waals surface area (Å²) in [7, 11) is 0. The van der Waals surface area contributed by atoms with E-state index in [0.29, 0.717) is 13.0 Å². The molecule has 0 unspecified atom stereocenters. The lowest BCUT2D eigenvalue weighted by atomic mass is 10.1. The van der Waals surface area contributed by atoms with Crippen LogP contribution >= 0.6 is 0 Å². The van der Waals surface area contributed by atoms with Crippen molar-refractivity contribution in [3.05, 3.63) is 35.4 Å². The molecule has 0 aliphatic rings. The van der Waals surface area contributed by atoms with Crippen molar-refractivity contribution in [2.45, 2.75) is 6.42 Å². The number of halogens is 2. The Bertz CT molecular complexity index is 263. The van der Waals surface area contributed by atoms with E-state index in [2.05, 4.69) is 5.43 Å². The zero-order valence-electron chi connectivity index (χ0n) is 6.48. The zero-order chi connectivity index (χ0) is 8.97. The predicted octanol–water partition coefficient (Wildman–Crippen LogP) is 0.971. The molecule has 0 amide bonds. The first-order chi connectivity index (χ1) is 5.74. The maximum absolute atomic E-state index is 12.6. The van der Waals surface area contributed by atoms with Crippen LogP contribution in [-0.4, -0.2) is 6.54 Å². The molecular weight excluding hydrogens is 162 g/mol. The molecule has 0 aromatic heterocycles. The molecule has 0 saturated carbocycles. The third-order valence-corrected chi connectivity index (χ3v) is 1.54. The fourth-order valence-corrected chi connectivity index (χ4v) is 0.912. The molecule has 0 saturated heterocycles. The summed E-state index contributed by atoms with van der Waals surface area (Å²) in [6.07, 6.45) is 0.591. The highest BCUT2D eigenvalue weighted by Crippen LogP contribution is 2.08. The van der Waals surface area contributed by atoms with E-state index in [1.807, 2.05) is 0 Å². The van der Waals surface area contributed by atoms with Crippen molar-refractivity contribution in [3.63, 3.8) is 0 Å². The van der Waals surface area contributed by atoms with Crippen molar-refractivity contribution in [3.8, 4) is 0 Å². The van der Waals surface area contributed by atoms with E-state index in [1.165, 1.54) is 12.1 Å². The topological polar surface area (TPSA) is 38.0 Å². The van der Waals surface area contributed by atoms with Gasteiger partial charge in [-0.1, -0.05) is 6.07 Å². The van der Waals surface area contributed by atoms with Crippen LogP contribution in [0.2, 0.25) is 0 Å². The van der Waals surface area contributed by atoms with Gasteiger partial charge in [-0.2, -0.15) is 0 Å². The van der Waals surface area contributed by atoms with E-state index in [9.17, 15) is 8.78 Å². The molecule has 0 aliphatic carbocycles. The first kappa shape index (κ1) is 9.09. The van der Waals surface area contributed by atoms with Gasteiger partial charge in [0.2, 0.25) is 0 Å². The Hall–Kier alpha value is -1.00. The second-order valence-corrected chi connectivity index (χ2v) is 2.45. The molecule has 1 aromatic carbocycles. The summed E-state index contributed by atoms with van der Waals surface area (Å²) in [5.41, 5.74) is 3.16. The van der Waals surface area contributed by atoms with Crippen molar-refractivity contribution < 1.29 is 8.78 Å². The third-order valence-electron chi connectivity index (χ3n) is 1.54. The van der Waals surface area contributed by atoms with Crippen LogP contribution in [0.25, 0.3) is 0 Å². The van der Waals surface area contributed by atoms with Gasteiger partial charge in [-0.15, -0.1) is 0 Å². The fraction of sp³-hybridized carbons (Fsp3) is 0.250. The van der Waals surface area contributed by atoms with Gasteiger partial charge < -0.3 is 0 Å². The molecule has 0 atom stereocenters. The van der Waals surface area contributed by atoms with Crippen LogP contribution in [-0.2, 0) is 6.42 Å². The van der Waals surface area contributed by atoms with Gasteiger partial charge >= 0.3 is 0 Å². The van der Waals surface area contributed by atoms with Crippen LogP contribution in [0.5, 0.6) is 0 Å². The molecule has 66 valence electrons. The number of hydrazine groups is 1. The largest absolute Gasteiger partial charge is 0.271 e. The second kappa shape index (κ2) is 4.13. The summed E-state index contributed by atoms with van der Waals surface area (Å²) in [6.45, 7) is 0.547. The van der Waals surface area contributed by atoms with E-state index in [1.54, 1.807) is 0 Å². The Morgan fingerprint density at radius 1 is 1.25 bits per heavy atom. The molecule has 4 heteroatoms. The maximum atomic E-state index is 12.6. The molecule has 3 N–H and O–H groups in total. The van der Waals surface area contributed by atoms with Crippen LogP contribution < -0.4 is 11.3 Å². The molecule has 0 heterocycles. The monoisotopic (exact) mass is 172 g/mol. The standard InChI is InChI=1S/C8H10F2N2/c9-7-2-1-6(3-4-12-11)5-8(7)10/h1-2,5,12H,3-4,11H2. The summed E-state index contributed by atoms with van der Waals surface area (Å²) in [6, 6.07) is 3.82. The minimum absolute atomic E-state index is 0.547. The van der Waals surface area contributed by atoms with E-state index in [0.717, 1.165) is 11.6 Å². The third kappa shape index (κ3) is 2.25. The van der Waals surface area contributed by atoms with E-state index in [-0.39, 0.29) is 0 Å². The normalized spacial score (nSPS) is 10.2. The van der Waals surface area contributed by atoms with Crippen LogP contribution in [0, 0.1) is 11.6 Å². The van der Waals surface area contributed by atoms with E-state index >= 15 is 0 Å². The highest BCUT2D eigenvalue weighted by molar-refractivity contribution is 5.17. The highest BCUT2D eigenvalue weighted by atomic mass is 19.2. The lowest BCUT2D eigenvalue weighted by molar-refractivity contribution is 0.506. The number of benzene rings is 1. The number of nitrogens with two attached hydrogens (primary N) is 1. The van der Waals surface area contributed by atoms with Gasteiger partial charge in [-0.05, 0) is 24.1 Å². The minimum atomic E-state index is -0.820. The average molecular weight is 172 g/mol. The second-order valence-electron chi connectivity index (χ2n) is 2.45. The highest BCUT2D eigenvalue weighted by Gasteiger charge is 2.01. The SMILES string of the molecule is NNCCc1ccc(F)c(F)c1. The Balaban J connectivity index is 2.69. The smallest absolute Gasteiger partial charge is 0.159 e. The van der Waals surface area contributed by atoms with Gasteiger partial charge in [0, 0.05) is 6.54 Å². The van der Waals surface area contributed by atoms with Crippen LogP contribution in [0.1, 0.15) is 5.56 Å². The predicted molar refractivity (Wildman–Crippen MR) is 42.3 cm³/mol. The molecule has 1 aromatic rings. The van der Waals surface area contributed by atoms with Crippen molar-refractivity contribution in [1.29, 1.82) is 0 Å². The first-order valence-corrected chi connectivity index (χ1v) is 3.61. The lowest BCUT2D eigenvalue weighted by Gasteiger charge is -2.00. The van der Waals surface area contributed by atoms with Crippen LogP contribution in [0.4, 0.5) is 8.78 Å². The number of hydrogen-bond donors (Lipinski definition) is 2. The van der Waals surface area contributed by atoms with E-state index < -0.39 is 11.6 Å². The van der Waals surface area contributed by atoms with Crippen molar-refractivity contribution in [2.24, 2.45) is 5.84 Å². The Morgan fingerprint density at radius 3 is 2.58 bits per heavy atom. The Labute approximate surface area is 69.4 Å². The van der Waals surface area contributed by atoms with Gasteiger partial charge in [-0.25, -0.2) is 8.78 Å². The molecular formula is C8H10F2N2. The molecule has 0 bridgehead atoms. The van der Waals surface area contributed by atoms with Gasteiger partial charge in [0.05, 0.1) is 0 Å². The van der Waals surface area contributed by atoms with Crippen molar-refractivity contribution in [1.82, 2.24) is 5.43 Å². The fourth-order valence-electron chi connectivity index (χ4n) is 0.912. The van der Waals surface area contributed by atoms with Gasteiger partial charge in [0.15, 0.2) is 11.6 Å². The summed E-state index contributed by atoms with van der Waals surface area (Å²) >= 11 is 0. The number of rotatable bonds is 3. The number of nitrogens with one attached hydrogen (secondary N) is 1. The molecule has 12 heavy (non-hydrogen) atoms. The summed E-state index contributed by atoms with van der Waals surface area (Å²) in [5.74, 6) is 3.39. The Kier molecular flexibility index (Phi) is 3.13. The zero-order valence-corrected chi connectivity index (χ0v) is 6.48. The minimum Gasteiger partial charge on any atom is -0.271 e. The van der Waals surface area contributed by atoms with E-state index in [4.69, 9.17) is 5.84 Å².